The van der Waals surface area contributed by atoms with Crippen molar-refractivity contribution in [2.24, 2.45) is 0 Å². The van der Waals surface area contributed by atoms with Crippen LogP contribution in [0, 0.1) is 11.6 Å². The Morgan fingerprint density at radius 1 is 1.03 bits per heavy atom. The molecule has 2 aliphatic heterocycles. The van der Waals surface area contributed by atoms with Crippen molar-refractivity contribution in [2.75, 3.05) is 29.4 Å². The van der Waals surface area contributed by atoms with Crippen LogP contribution in [0.1, 0.15) is 35.7 Å². The van der Waals surface area contributed by atoms with E-state index in [1.165, 1.54) is 0 Å². The van der Waals surface area contributed by atoms with Gasteiger partial charge in [-0.05, 0) is 55.0 Å². The highest BCUT2D eigenvalue weighted by molar-refractivity contribution is 5.76. The van der Waals surface area contributed by atoms with Crippen molar-refractivity contribution in [1.82, 2.24) is 19.6 Å². The van der Waals surface area contributed by atoms with E-state index < -0.39 is 23.8 Å². The summed E-state index contributed by atoms with van der Waals surface area (Å²) in [6, 6.07) is 8.17. The number of aromatic nitrogens is 4. The number of alkyl halides is 1. The number of benzene rings is 1. The van der Waals surface area contributed by atoms with Gasteiger partial charge in [-0.3, -0.25) is 4.98 Å². The molecule has 2 fully saturated rings. The molecule has 0 saturated carbocycles. The highest BCUT2D eigenvalue weighted by Crippen LogP contribution is 2.38. The van der Waals surface area contributed by atoms with Gasteiger partial charge in [0.2, 0.25) is 0 Å². The van der Waals surface area contributed by atoms with E-state index in [-0.39, 0.29) is 24.6 Å². The van der Waals surface area contributed by atoms with Gasteiger partial charge in [0.1, 0.15) is 23.6 Å². The second kappa shape index (κ2) is 9.51. The summed E-state index contributed by atoms with van der Waals surface area (Å²) < 4.78 is 44.5. The Bertz CT molecular complexity index is 1460. The SMILES string of the molecule is O[C@H]1CCN(c2ccc(/C=C/c3cnn4ccc(N5C[C@@H](F)C[C@@H]5c5cc(F)ccc5F)nc34)nc2)C1. The number of halogens is 3. The first-order valence-electron chi connectivity index (χ1n) is 12.2. The number of aliphatic hydroxyl groups excluding tert-OH is 1. The molecule has 0 aliphatic carbocycles. The molecule has 3 aromatic heterocycles. The van der Waals surface area contributed by atoms with Gasteiger partial charge >= 0.3 is 0 Å². The van der Waals surface area contributed by atoms with E-state index in [9.17, 15) is 18.3 Å². The number of nitrogens with zero attached hydrogens (tertiary/aromatic N) is 6. The smallest absolute Gasteiger partial charge is 0.164 e. The zero-order valence-corrected chi connectivity index (χ0v) is 19.9. The Morgan fingerprint density at radius 3 is 2.70 bits per heavy atom. The largest absolute Gasteiger partial charge is 0.391 e. The highest BCUT2D eigenvalue weighted by atomic mass is 19.1. The van der Waals surface area contributed by atoms with Crippen LogP contribution < -0.4 is 9.80 Å². The molecule has 0 spiro atoms. The third-order valence-electron chi connectivity index (χ3n) is 6.98. The highest BCUT2D eigenvalue weighted by Gasteiger charge is 2.36. The fraction of sp³-hybridized carbons (Fsp3) is 0.296. The van der Waals surface area contributed by atoms with Crippen LogP contribution in [0.15, 0.2) is 55.0 Å². The lowest BCUT2D eigenvalue weighted by Crippen LogP contribution is -2.25. The van der Waals surface area contributed by atoms with E-state index in [2.05, 4.69) is 15.0 Å². The third kappa shape index (κ3) is 4.64. The summed E-state index contributed by atoms with van der Waals surface area (Å²) in [5, 5.41) is 14.1. The fourth-order valence-corrected chi connectivity index (χ4v) is 5.09. The average molecular weight is 507 g/mol. The quantitative estimate of drug-likeness (QED) is 0.432. The van der Waals surface area contributed by atoms with Crippen molar-refractivity contribution < 1.29 is 18.3 Å². The zero-order valence-electron chi connectivity index (χ0n) is 19.9. The predicted molar refractivity (Wildman–Crippen MR) is 135 cm³/mol. The minimum atomic E-state index is -1.19. The van der Waals surface area contributed by atoms with Crippen LogP contribution in [0.4, 0.5) is 24.7 Å². The minimum Gasteiger partial charge on any atom is -0.391 e. The summed E-state index contributed by atoms with van der Waals surface area (Å²) in [6.07, 6.45) is 8.21. The molecule has 0 amide bonds. The molecule has 5 heterocycles. The van der Waals surface area contributed by atoms with E-state index >= 15 is 0 Å². The van der Waals surface area contributed by atoms with E-state index in [0.29, 0.717) is 18.0 Å². The number of fused-ring (bicyclic) bond motifs is 1. The van der Waals surface area contributed by atoms with Crippen molar-refractivity contribution in [3.8, 4) is 0 Å². The maximum Gasteiger partial charge on any atom is 0.164 e. The van der Waals surface area contributed by atoms with E-state index in [0.717, 1.165) is 48.1 Å². The molecule has 2 saturated heterocycles. The molecule has 6 rings (SSSR count). The molecule has 10 heteroatoms. The molecule has 7 nitrogen and oxygen atoms in total. The predicted octanol–water partition coefficient (Wildman–Crippen LogP) is 4.43. The zero-order chi connectivity index (χ0) is 25.5. The molecule has 0 unspecified atom stereocenters. The molecular weight excluding hydrogens is 481 g/mol. The summed E-state index contributed by atoms with van der Waals surface area (Å²) in [5.41, 5.74) is 3.13. The van der Waals surface area contributed by atoms with E-state index in [4.69, 9.17) is 4.98 Å². The number of anilines is 2. The van der Waals surface area contributed by atoms with Gasteiger partial charge in [0.25, 0.3) is 0 Å². The molecule has 0 bridgehead atoms. The summed E-state index contributed by atoms with van der Waals surface area (Å²) in [4.78, 5) is 13.0. The molecule has 4 aromatic rings. The standard InChI is InChI=1S/C27H25F3N6O/c28-18-2-6-24(30)23(11-18)25-12-19(29)15-35(25)26-8-10-36-27(33-26)17(13-32-36)1-3-20-4-5-21(14-31-20)34-9-7-22(37)16-34/h1-6,8,10-11,13-14,19,22,25,37H,7,9,12,15-16H2/b3-1+/t19-,22-,25+/m0/s1. The first-order chi connectivity index (χ1) is 17.9. The molecule has 190 valence electrons. The second-order valence-corrected chi connectivity index (χ2v) is 9.48. The number of aliphatic hydroxyl groups is 1. The fourth-order valence-electron chi connectivity index (χ4n) is 5.09. The minimum absolute atomic E-state index is 0.0351. The van der Waals surface area contributed by atoms with Crippen LogP contribution in [0.25, 0.3) is 17.8 Å². The number of rotatable bonds is 5. The van der Waals surface area contributed by atoms with Crippen LogP contribution in [-0.2, 0) is 0 Å². The van der Waals surface area contributed by atoms with Crippen molar-refractivity contribution in [3.63, 3.8) is 0 Å². The monoisotopic (exact) mass is 506 g/mol. The van der Waals surface area contributed by atoms with E-state index in [1.54, 1.807) is 34.1 Å². The van der Waals surface area contributed by atoms with Crippen molar-refractivity contribution in [1.29, 1.82) is 0 Å². The lowest BCUT2D eigenvalue weighted by Gasteiger charge is -2.26. The molecule has 3 atom stereocenters. The Labute approximate surface area is 211 Å². The molecule has 0 radical (unpaired) electrons. The number of hydrogen-bond donors (Lipinski definition) is 1. The molecule has 1 N–H and O–H groups in total. The van der Waals surface area contributed by atoms with E-state index in [1.807, 2.05) is 24.3 Å². The maximum atomic E-state index is 14.5. The van der Waals surface area contributed by atoms with Gasteiger partial charge < -0.3 is 14.9 Å². The van der Waals surface area contributed by atoms with Crippen LogP contribution in [0.2, 0.25) is 0 Å². The normalized spacial score (nSPS) is 22.1. The van der Waals surface area contributed by atoms with Crippen LogP contribution in [0.3, 0.4) is 0 Å². The van der Waals surface area contributed by atoms with Crippen molar-refractivity contribution in [2.45, 2.75) is 31.2 Å². The average Bonchev–Trinajstić information content (AvgIpc) is 3.62. The second-order valence-electron chi connectivity index (χ2n) is 9.48. The number of hydrogen-bond acceptors (Lipinski definition) is 6. The Hall–Kier alpha value is -3.92. The third-order valence-corrected chi connectivity index (χ3v) is 6.98. The number of β-amino-alcohol motifs (C(OH)–C–C–N with tert-alkyl or cyclic N) is 1. The lowest BCUT2D eigenvalue weighted by molar-refractivity contribution is 0.198. The van der Waals surface area contributed by atoms with Crippen LogP contribution >= 0.6 is 0 Å². The molecule has 37 heavy (non-hydrogen) atoms. The van der Waals surface area contributed by atoms with Crippen LogP contribution in [0.5, 0.6) is 0 Å². The summed E-state index contributed by atoms with van der Waals surface area (Å²) >= 11 is 0. The van der Waals surface area contributed by atoms with Gasteiger partial charge in [0.05, 0.1) is 42.5 Å². The topological polar surface area (TPSA) is 69.8 Å². The van der Waals surface area contributed by atoms with Gasteiger partial charge in [-0.2, -0.15) is 5.10 Å². The van der Waals surface area contributed by atoms with Gasteiger partial charge in [0, 0.05) is 36.8 Å². The molecule has 2 aliphatic rings. The van der Waals surface area contributed by atoms with Crippen molar-refractivity contribution in [3.05, 3.63) is 83.4 Å². The first-order valence-corrected chi connectivity index (χ1v) is 12.2. The number of pyridine rings is 1. The maximum absolute atomic E-state index is 14.5. The van der Waals surface area contributed by atoms with Crippen LogP contribution in [-0.4, -0.2) is 56.6 Å². The Morgan fingerprint density at radius 2 is 1.92 bits per heavy atom. The van der Waals surface area contributed by atoms with Gasteiger partial charge in [-0.1, -0.05) is 0 Å². The first kappa shape index (κ1) is 23.5. The Balaban J connectivity index is 1.26. The van der Waals surface area contributed by atoms with Gasteiger partial charge in [0.15, 0.2) is 5.65 Å². The van der Waals surface area contributed by atoms with Gasteiger partial charge in [-0.25, -0.2) is 22.7 Å². The van der Waals surface area contributed by atoms with Gasteiger partial charge in [-0.15, -0.1) is 0 Å². The summed E-state index contributed by atoms with van der Waals surface area (Å²) in [5.74, 6) is -0.671. The Kier molecular flexibility index (Phi) is 6.03. The summed E-state index contributed by atoms with van der Waals surface area (Å²) in [6.45, 7) is 1.45. The molecular formula is C27H25F3N6O. The lowest BCUT2D eigenvalue weighted by atomic mass is 10.0. The molecule has 1 aromatic carbocycles. The summed E-state index contributed by atoms with van der Waals surface area (Å²) in [7, 11) is 0. The van der Waals surface area contributed by atoms with Crippen molar-refractivity contribution >= 4 is 29.3 Å².